The van der Waals surface area contributed by atoms with E-state index in [2.05, 4.69) is 32.2 Å². The van der Waals surface area contributed by atoms with Gasteiger partial charge in [-0.1, -0.05) is 18.6 Å². The zero-order valence-corrected chi connectivity index (χ0v) is 13.2. The number of piperidine rings is 1. The second kappa shape index (κ2) is 7.88. The van der Waals surface area contributed by atoms with Crippen LogP contribution in [0.4, 0.5) is 0 Å². The lowest BCUT2D eigenvalue weighted by Crippen LogP contribution is -2.33. The Morgan fingerprint density at radius 1 is 1.26 bits per heavy atom. The largest absolute Gasteiger partial charge is 0.491 e. The van der Waals surface area contributed by atoms with Gasteiger partial charge in [0.25, 0.3) is 0 Å². The standard InChI is InChI=1S/C15H23BrN2O/c1-17-12-13-6-5-7-14(16)15(13)19-11-10-18-8-3-2-4-9-18/h5-7,17H,2-4,8-12H2,1H3. The lowest BCUT2D eigenvalue weighted by molar-refractivity contribution is 0.182. The van der Waals surface area contributed by atoms with E-state index in [-0.39, 0.29) is 0 Å². The van der Waals surface area contributed by atoms with Crippen molar-refractivity contribution in [2.45, 2.75) is 25.8 Å². The van der Waals surface area contributed by atoms with Crippen molar-refractivity contribution in [3.05, 3.63) is 28.2 Å². The normalized spacial score (nSPS) is 16.5. The van der Waals surface area contributed by atoms with Gasteiger partial charge in [-0.15, -0.1) is 0 Å². The quantitative estimate of drug-likeness (QED) is 0.869. The highest BCUT2D eigenvalue weighted by Gasteiger charge is 2.11. The highest BCUT2D eigenvalue weighted by atomic mass is 79.9. The number of rotatable bonds is 6. The zero-order chi connectivity index (χ0) is 13.5. The van der Waals surface area contributed by atoms with Gasteiger partial charge >= 0.3 is 0 Å². The highest BCUT2D eigenvalue weighted by molar-refractivity contribution is 9.10. The maximum atomic E-state index is 5.99. The minimum absolute atomic E-state index is 0.763. The van der Waals surface area contributed by atoms with Gasteiger partial charge in [-0.2, -0.15) is 0 Å². The zero-order valence-electron chi connectivity index (χ0n) is 11.6. The predicted molar refractivity (Wildman–Crippen MR) is 82.7 cm³/mol. The summed E-state index contributed by atoms with van der Waals surface area (Å²) in [5.74, 6) is 0.980. The number of nitrogens with zero attached hydrogens (tertiary/aromatic N) is 1. The number of para-hydroxylation sites is 1. The van der Waals surface area contributed by atoms with E-state index in [4.69, 9.17) is 4.74 Å². The fourth-order valence-corrected chi connectivity index (χ4v) is 3.03. The monoisotopic (exact) mass is 326 g/mol. The Labute approximate surface area is 124 Å². The molecule has 0 bridgehead atoms. The van der Waals surface area contributed by atoms with Crippen LogP contribution in [-0.4, -0.2) is 38.2 Å². The van der Waals surface area contributed by atoms with Crippen molar-refractivity contribution in [3.8, 4) is 5.75 Å². The molecular weight excluding hydrogens is 304 g/mol. The first kappa shape index (κ1) is 14.8. The number of likely N-dealkylation sites (tertiary alicyclic amines) is 1. The number of benzene rings is 1. The smallest absolute Gasteiger partial charge is 0.138 e. The lowest BCUT2D eigenvalue weighted by Gasteiger charge is -2.26. The molecule has 1 aliphatic rings. The third-order valence-corrected chi connectivity index (χ3v) is 4.14. The first-order chi connectivity index (χ1) is 9.31. The SMILES string of the molecule is CNCc1cccc(Br)c1OCCN1CCCCC1. The first-order valence-corrected chi connectivity index (χ1v) is 7.87. The van der Waals surface area contributed by atoms with Crippen LogP contribution in [0.25, 0.3) is 0 Å². The Kier molecular flexibility index (Phi) is 6.14. The summed E-state index contributed by atoms with van der Waals surface area (Å²) in [4.78, 5) is 2.50. The van der Waals surface area contributed by atoms with Crippen molar-refractivity contribution in [1.29, 1.82) is 0 Å². The van der Waals surface area contributed by atoms with Crippen LogP contribution in [0.3, 0.4) is 0 Å². The van der Waals surface area contributed by atoms with Crippen LogP contribution < -0.4 is 10.1 Å². The van der Waals surface area contributed by atoms with Crippen LogP contribution in [0, 0.1) is 0 Å². The summed E-state index contributed by atoms with van der Waals surface area (Å²) < 4.78 is 7.04. The molecule has 3 nitrogen and oxygen atoms in total. The molecule has 0 amide bonds. The highest BCUT2D eigenvalue weighted by Crippen LogP contribution is 2.29. The third kappa shape index (κ3) is 4.48. The molecule has 1 aliphatic heterocycles. The van der Waals surface area contributed by atoms with Crippen molar-refractivity contribution in [2.24, 2.45) is 0 Å². The summed E-state index contributed by atoms with van der Waals surface area (Å²) >= 11 is 3.58. The molecule has 0 atom stereocenters. The van der Waals surface area contributed by atoms with Crippen LogP contribution in [0.1, 0.15) is 24.8 Å². The summed E-state index contributed by atoms with van der Waals surface area (Å²) in [6.45, 7) is 5.07. The van der Waals surface area contributed by atoms with Crippen molar-refractivity contribution in [1.82, 2.24) is 10.2 Å². The number of hydrogen-bond donors (Lipinski definition) is 1. The molecule has 0 aromatic heterocycles. The molecule has 1 heterocycles. The number of halogens is 1. The molecule has 1 aromatic rings. The van der Waals surface area contributed by atoms with E-state index in [0.717, 1.165) is 29.9 Å². The van der Waals surface area contributed by atoms with E-state index in [1.54, 1.807) is 0 Å². The summed E-state index contributed by atoms with van der Waals surface area (Å²) in [6.07, 6.45) is 4.05. The molecular formula is C15H23BrN2O. The molecule has 106 valence electrons. The van der Waals surface area contributed by atoms with E-state index in [0.29, 0.717) is 0 Å². The maximum absolute atomic E-state index is 5.99. The fraction of sp³-hybridized carbons (Fsp3) is 0.600. The third-order valence-electron chi connectivity index (χ3n) is 3.52. The average molecular weight is 327 g/mol. The van der Waals surface area contributed by atoms with E-state index < -0.39 is 0 Å². The number of ether oxygens (including phenoxy) is 1. The predicted octanol–water partition coefficient (Wildman–Crippen LogP) is 3.03. The molecule has 2 rings (SSSR count). The average Bonchev–Trinajstić information content (AvgIpc) is 2.43. The molecule has 1 fully saturated rings. The lowest BCUT2D eigenvalue weighted by atomic mass is 10.1. The van der Waals surface area contributed by atoms with Crippen molar-refractivity contribution in [3.63, 3.8) is 0 Å². The maximum Gasteiger partial charge on any atom is 0.138 e. The molecule has 1 aromatic carbocycles. The summed E-state index contributed by atoms with van der Waals surface area (Å²) in [5, 5.41) is 3.18. The van der Waals surface area contributed by atoms with Gasteiger partial charge in [0.1, 0.15) is 12.4 Å². The van der Waals surface area contributed by atoms with Crippen LogP contribution in [0.2, 0.25) is 0 Å². The Morgan fingerprint density at radius 3 is 2.79 bits per heavy atom. The molecule has 1 saturated heterocycles. The number of nitrogens with one attached hydrogen (secondary N) is 1. The first-order valence-electron chi connectivity index (χ1n) is 7.08. The second-order valence-corrected chi connectivity index (χ2v) is 5.86. The minimum atomic E-state index is 0.763. The Morgan fingerprint density at radius 2 is 2.05 bits per heavy atom. The van der Waals surface area contributed by atoms with Crippen LogP contribution >= 0.6 is 15.9 Å². The Bertz CT molecular complexity index is 392. The molecule has 0 unspecified atom stereocenters. The van der Waals surface area contributed by atoms with Gasteiger partial charge in [-0.05, 0) is 55.0 Å². The van der Waals surface area contributed by atoms with Crippen LogP contribution in [0.5, 0.6) is 5.75 Å². The minimum Gasteiger partial charge on any atom is -0.491 e. The second-order valence-electron chi connectivity index (χ2n) is 5.01. The van der Waals surface area contributed by atoms with Gasteiger partial charge in [0.05, 0.1) is 4.47 Å². The van der Waals surface area contributed by atoms with Crippen LogP contribution in [-0.2, 0) is 6.54 Å². The van der Waals surface area contributed by atoms with Gasteiger partial charge in [0.2, 0.25) is 0 Å². The molecule has 19 heavy (non-hydrogen) atoms. The summed E-state index contributed by atoms with van der Waals surface area (Å²) in [6, 6.07) is 6.20. The Hall–Kier alpha value is -0.580. The van der Waals surface area contributed by atoms with Gasteiger partial charge in [-0.25, -0.2) is 0 Å². The van der Waals surface area contributed by atoms with E-state index in [9.17, 15) is 0 Å². The van der Waals surface area contributed by atoms with Gasteiger partial charge in [0, 0.05) is 18.7 Å². The van der Waals surface area contributed by atoms with Gasteiger partial charge in [-0.3, -0.25) is 4.90 Å². The van der Waals surface area contributed by atoms with Gasteiger partial charge in [0.15, 0.2) is 0 Å². The molecule has 0 aliphatic carbocycles. The topological polar surface area (TPSA) is 24.5 Å². The van der Waals surface area contributed by atoms with Crippen molar-refractivity contribution >= 4 is 15.9 Å². The molecule has 0 radical (unpaired) electrons. The fourth-order valence-electron chi connectivity index (χ4n) is 2.50. The van der Waals surface area contributed by atoms with Gasteiger partial charge < -0.3 is 10.1 Å². The van der Waals surface area contributed by atoms with E-state index >= 15 is 0 Å². The van der Waals surface area contributed by atoms with E-state index in [1.807, 2.05) is 19.2 Å². The van der Waals surface area contributed by atoms with E-state index in [1.165, 1.54) is 37.9 Å². The summed E-state index contributed by atoms with van der Waals surface area (Å²) in [5.41, 5.74) is 1.20. The van der Waals surface area contributed by atoms with Crippen molar-refractivity contribution < 1.29 is 4.74 Å². The Balaban J connectivity index is 1.87. The van der Waals surface area contributed by atoms with Crippen molar-refractivity contribution in [2.75, 3.05) is 33.3 Å². The van der Waals surface area contributed by atoms with Crippen LogP contribution in [0.15, 0.2) is 22.7 Å². The number of hydrogen-bond acceptors (Lipinski definition) is 3. The molecule has 4 heteroatoms. The molecule has 1 N–H and O–H groups in total. The molecule has 0 saturated carbocycles. The summed E-state index contributed by atoms with van der Waals surface area (Å²) in [7, 11) is 1.96. The molecule has 0 spiro atoms.